The summed E-state index contributed by atoms with van der Waals surface area (Å²) in [6.07, 6.45) is 5.32. The van der Waals surface area contributed by atoms with E-state index >= 15 is 0 Å². The third-order valence-electron chi connectivity index (χ3n) is 2.93. The Morgan fingerprint density at radius 2 is 2.44 bits per heavy atom. The van der Waals surface area contributed by atoms with Crippen LogP contribution < -0.4 is 5.73 Å². The number of amides is 1. The van der Waals surface area contributed by atoms with Gasteiger partial charge in [0.25, 0.3) is 5.91 Å². The maximum absolute atomic E-state index is 12.1. The minimum atomic E-state index is -0.105. The number of nitrogen functional groups attached to an aromatic ring is 1. The van der Waals surface area contributed by atoms with Crippen LogP contribution >= 0.6 is 12.4 Å². The number of rotatable bonds is 3. The van der Waals surface area contributed by atoms with Crippen molar-refractivity contribution in [3.63, 3.8) is 0 Å². The molecule has 1 amide bonds. The van der Waals surface area contributed by atoms with Gasteiger partial charge in [-0.25, -0.2) is 0 Å². The highest BCUT2D eigenvalue weighted by Gasteiger charge is 2.21. The van der Waals surface area contributed by atoms with Crippen LogP contribution in [0.4, 0.5) is 5.69 Å². The number of likely N-dealkylation sites (N-methyl/N-ethyl adjacent to an activating group) is 1. The summed E-state index contributed by atoms with van der Waals surface area (Å²) >= 11 is 0. The summed E-state index contributed by atoms with van der Waals surface area (Å²) in [7, 11) is 1.76. The van der Waals surface area contributed by atoms with Crippen molar-refractivity contribution in [3.8, 4) is 0 Å². The van der Waals surface area contributed by atoms with Gasteiger partial charge in [-0.2, -0.15) is 0 Å². The van der Waals surface area contributed by atoms with Crippen molar-refractivity contribution in [1.82, 2.24) is 9.88 Å². The molecule has 1 saturated heterocycles. The number of ether oxygens (including phenoxy) is 1. The van der Waals surface area contributed by atoms with E-state index in [0.717, 1.165) is 19.4 Å². The van der Waals surface area contributed by atoms with Gasteiger partial charge in [0.05, 0.1) is 11.7 Å². The van der Waals surface area contributed by atoms with E-state index < -0.39 is 0 Å². The topological polar surface area (TPSA) is 68.5 Å². The molecule has 0 spiro atoms. The number of aromatic nitrogens is 1. The molecule has 5 nitrogen and oxygen atoms in total. The van der Waals surface area contributed by atoms with E-state index in [1.807, 2.05) is 0 Å². The summed E-state index contributed by atoms with van der Waals surface area (Å²) in [5.74, 6) is -0.105. The molecule has 1 aliphatic heterocycles. The molecule has 18 heavy (non-hydrogen) atoms. The molecule has 0 aliphatic carbocycles. The van der Waals surface area contributed by atoms with Gasteiger partial charge in [0.2, 0.25) is 0 Å². The molecule has 0 saturated carbocycles. The highest BCUT2D eigenvalue weighted by Crippen LogP contribution is 2.15. The summed E-state index contributed by atoms with van der Waals surface area (Å²) in [5.41, 5.74) is 6.66. The molecule has 1 fully saturated rings. The SMILES string of the molecule is CN(CC1CCCO1)C(=O)c1cnccc1N.Cl. The molecule has 6 heteroatoms. The monoisotopic (exact) mass is 271 g/mol. The third kappa shape index (κ3) is 3.34. The number of anilines is 1. The standard InChI is InChI=1S/C12H17N3O2.ClH/c1-15(8-9-3-2-6-17-9)12(16)10-7-14-5-4-11(10)13;/h4-5,7,9H,2-3,6,8H2,1H3,(H2,13,14);1H. The molecule has 0 bridgehead atoms. The Hall–Kier alpha value is -1.33. The van der Waals surface area contributed by atoms with Crippen LogP contribution in [0, 0.1) is 0 Å². The van der Waals surface area contributed by atoms with Crippen LogP contribution in [0.2, 0.25) is 0 Å². The molecule has 0 radical (unpaired) electrons. The average molecular weight is 272 g/mol. The Labute approximate surface area is 113 Å². The number of hydrogen-bond acceptors (Lipinski definition) is 4. The highest BCUT2D eigenvalue weighted by atomic mass is 35.5. The molecule has 100 valence electrons. The van der Waals surface area contributed by atoms with Gasteiger partial charge in [-0.15, -0.1) is 12.4 Å². The number of halogens is 1. The van der Waals surface area contributed by atoms with E-state index in [2.05, 4.69) is 4.98 Å². The molecule has 1 aromatic heterocycles. The highest BCUT2D eigenvalue weighted by molar-refractivity contribution is 5.98. The van der Waals surface area contributed by atoms with Crippen LogP contribution in [0.15, 0.2) is 18.5 Å². The van der Waals surface area contributed by atoms with Crippen LogP contribution in [-0.4, -0.2) is 42.1 Å². The third-order valence-corrected chi connectivity index (χ3v) is 2.93. The predicted octanol–water partition coefficient (Wildman–Crippen LogP) is 1.34. The quantitative estimate of drug-likeness (QED) is 0.901. The first-order valence-corrected chi connectivity index (χ1v) is 5.75. The van der Waals surface area contributed by atoms with Crippen molar-refractivity contribution in [2.24, 2.45) is 0 Å². The van der Waals surface area contributed by atoms with E-state index in [9.17, 15) is 4.79 Å². The molecule has 1 unspecified atom stereocenters. The Bertz CT molecular complexity index is 408. The first-order valence-electron chi connectivity index (χ1n) is 5.75. The smallest absolute Gasteiger partial charge is 0.257 e. The summed E-state index contributed by atoms with van der Waals surface area (Å²) in [6.45, 7) is 1.40. The Morgan fingerprint density at radius 3 is 3.06 bits per heavy atom. The lowest BCUT2D eigenvalue weighted by molar-refractivity contribution is 0.0587. The summed E-state index contributed by atoms with van der Waals surface area (Å²) in [6, 6.07) is 1.63. The molecular formula is C12H18ClN3O2. The van der Waals surface area contributed by atoms with E-state index in [-0.39, 0.29) is 24.4 Å². The molecule has 1 atom stereocenters. The van der Waals surface area contributed by atoms with Gasteiger partial charge < -0.3 is 15.4 Å². The zero-order chi connectivity index (χ0) is 12.3. The first-order chi connectivity index (χ1) is 8.18. The van der Waals surface area contributed by atoms with Gasteiger partial charge in [0.15, 0.2) is 0 Å². The number of carbonyl (C=O) groups is 1. The van der Waals surface area contributed by atoms with Gasteiger partial charge in [-0.05, 0) is 18.9 Å². The zero-order valence-electron chi connectivity index (χ0n) is 10.3. The predicted molar refractivity (Wildman–Crippen MR) is 71.8 cm³/mol. The second kappa shape index (κ2) is 6.56. The minimum absolute atomic E-state index is 0. The summed E-state index contributed by atoms with van der Waals surface area (Å²) < 4.78 is 5.50. The van der Waals surface area contributed by atoms with Gasteiger partial charge in [-0.1, -0.05) is 0 Å². The lowest BCUT2D eigenvalue weighted by Crippen LogP contribution is -2.34. The fourth-order valence-electron chi connectivity index (χ4n) is 1.97. The van der Waals surface area contributed by atoms with Crippen molar-refractivity contribution >= 4 is 24.0 Å². The van der Waals surface area contributed by atoms with Gasteiger partial charge in [0, 0.05) is 38.3 Å². The molecule has 0 aromatic carbocycles. The molecule has 2 N–H and O–H groups in total. The van der Waals surface area contributed by atoms with Crippen LogP contribution in [0.5, 0.6) is 0 Å². The van der Waals surface area contributed by atoms with Crippen LogP contribution in [0.25, 0.3) is 0 Å². The molecule has 2 heterocycles. The van der Waals surface area contributed by atoms with Gasteiger partial charge >= 0.3 is 0 Å². The number of hydrogen-bond donors (Lipinski definition) is 1. The van der Waals surface area contributed by atoms with Crippen LogP contribution in [-0.2, 0) is 4.74 Å². The number of pyridine rings is 1. The lowest BCUT2D eigenvalue weighted by atomic mass is 10.2. The first kappa shape index (κ1) is 14.7. The van der Waals surface area contributed by atoms with Gasteiger partial charge in [0.1, 0.15) is 0 Å². The summed E-state index contributed by atoms with van der Waals surface area (Å²) in [4.78, 5) is 17.7. The maximum atomic E-state index is 12.1. The molecular weight excluding hydrogens is 254 g/mol. The Kier molecular flexibility index (Phi) is 5.37. The minimum Gasteiger partial charge on any atom is -0.398 e. The molecule has 2 rings (SSSR count). The molecule has 1 aromatic rings. The average Bonchev–Trinajstić information content (AvgIpc) is 2.81. The van der Waals surface area contributed by atoms with E-state index in [0.29, 0.717) is 17.8 Å². The maximum Gasteiger partial charge on any atom is 0.257 e. The van der Waals surface area contributed by atoms with Crippen molar-refractivity contribution < 1.29 is 9.53 Å². The largest absolute Gasteiger partial charge is 0.398 e. The zero-order valence-corrected chi connectivity index (χ0v) is 11.2. The van der Waals surface area contributed by atoms with Crippen molar-refractivity contribution in [1.29, 1.82) is 0 Å². The Morgan fingerprint density at radius 1 is 1.67 bits per heavy atom. The second-order valence-electron chi connectivity index (χ2n) is 4.28. The van der Waals surface area contributed by atoms with Gasteiger partial charge in [-0.3, -0.25) is 9.78 Å². The van der Waals surface area contributed by atoms with Crippen LogP contribution in [0.1, 0.15) is 23.2 Å². The van der Waals surface area contributed by atoms with Crippen molar-refractivity contribution in [2.45, 2.75) is 18.9 Å². The molecule has 1 aliphatic rings. The van der Waals surface area contributed by atoms with Crippen molar-refractivity contribution in [3.05, 3.63) is 24.0 Å². The fraction of sp³-hybridized carbons (Fsp3) is 0.500. The Balaban J connectivity index is 0.00000162. The lowest BCUT2D eigenvalue weighted by Gasteiger charge is -2.21. The van der Waals surface area contributed by atoms with Crippen molar-refractivity contribution in [2.75, 3.05) is 25.9 Å². The van der Waals surface area contributed by atoms with E-state index in [4.69, 9.17) is 10.5 Å². The van der Waals surface area contributed by atoms with Crippen LogP contribution in [0.3, 0.4) is 0 Å². The van der Waals surface area contributed by atoms with E-state index in [1.54, 1.807) is 24.2 Å². The number of nitrogens with zero attached hydrogens (tertiary/aromatic N) is 2. The summed E-state index contributed by atoms with van der Waals surface area (Å²) in [5, 5.41) is 0. The fourth-order valence-corrected chi connectivity index (χ4v) is 1.97. The number of nitrogens with two attached hydrogens (primary N) is 1. The van der Waals surface area contributed by atoms with E-state index in [1.165, 1.54) is 6.20 Å². The second-order valence-corrected chi connectivity index (χ2v) is 4.28. The normalized spacial score (nSPS) is 18.2. The number of carbonyl (C=O) groups excluding carboxylic acids is 1.